The lowest BCUT2D eigenvalue weighted by molar-refractivity contribution is 0.171. The summed E-state index contributed by atoms with van der Waals surface area (Å²) in [5.41, 5.74) is 1.31. The van der Waals surface area contributed by atoms with E-state index in [4.69, 9.17) is 13.9 Å². The molecule has 134 valence electrons. The molecule has 1 aliphatic heterocycles. The Bertz CT molecular complexity index is 1020. The fourth-order valence-corrected chi connectivity index (χ4v) is 3.68. The van der Waals surface area contributed by atoms with Crippen LogP contribution in [-0.2, 0) is 16.6 Å². The first-order valence-electron chi connectivity index (χ1n) is 8.00. The largest absolute Gasteiger partial charge is 0.486 e. The lowest BCUT2D eigenvalue weighted by Gasteiger charge is -2.19. The summed E-state index contributed by atoms with van der Waals surface area (Å²) < 4.78 is 44.1. The zero-order valence-electron chi connectivity index (χ0n) is 13.7. The third-order valence-electron chi connectivity index (χ3n) is 3.92. The van der Waals surface area contributed by atoms with Gasteiger partial charge in [0.2, 0.25) is 10.0 Å². The maximum absolute atomic E-state index is 12.6. The lowest BCUT2D eigenvalue weighted by Crippen LogP contribution is -2.24. The van der Waals surface area contributed by atoms with Crippen LogP contribution in [0.4, 0.5) is 0 Å². The van der Waals surface area contributed by atoms with E-state index in [1.54, 1.807) is 42.8 Å². The summed E-state index contributed by atoms with van der Waals surface area (Å²) in [5.74, 6) is 1.55. The minimum atomic E-state index is -3.72. The van der Waals surface area contributed by atoms with Crippen LogP contribution < -0.4 is 14.2 Å². The summed E-state index contributed by atoms with van der Waals surface area (Å²) in [6, 6.07) is 11.6. The van der Waals surface area contributed by atoms with Crippen LogP contribution in [0.2, 0.25) is 0 Å². The number of rotatable bonds is 5. The maximum Gasteiger partial charge on any atom is 0.241 e. The number of pyridine rings is 1. The Morgan fingerprint density at radius 3 is 2.69 bits per heavy atom. The maximum atomic E-state index is 12.6. The van der Waals surface area contributed by atoms with Crippen LogP contribution in [0.15, 0.2) is 64.2 Å². The first-order chi connectivity index (χ1) is 12.6. The van der Waals surface area contributed by atoms with Crippen LogP contribution in [0, 0.1) is 0 Å². The first-order valence-corrected chi connectivity index (χ1v) is 9.49. The Balaban J connectivity index is 1.56. The Labute approximate surface area is 150 Å². The second-order valence-corrected chi connectivity index (χ2v) is 7.39. The van der Waals surface area contributed by atoms with Gasteiger partial charge in [-0.2, -0.15) is 0 Å². The average molecular weight is 372 g/mol. The molecule has 7 nitrogen and oxygen atoms in total. The van der Waals surface area contributed by atoms with E-state index in [9.17, 15) is 8.42 Å². The Morgan fingerprint density at radius 1 is 1.04 bits per heavy atom. The molecule has 1 aliphatic rings. The SMILES string of the molecule is O=S(=O)(NCc1cccnc1-c1ccco1)c1ccc2c(c1)OCCO2. The molecule has 0 spiro atoms. The number of sulfonamides is 1. The average Bonchev–Trinajstić information content (AvgIpc) is 3.21. The topological polar surface area (TPSA) is 90.7 Å². The van der Waals surface area contributed by atoms with E-state index in [1.165, 1.54) is 12.1 Å². The second kappa shape index (κ2) is 6.81. The van der Waals surface area contributed by atoms with Crippen LogP contribution in [0.5, 0.6) is 11.5 Å². The molecule has 0 radical (unpaired) electrons. The quantitative estimate of drug-likeness (QED) is 0.740. The highest BCUT2D eigenvalue weighted by molar-refractivity contribution is 7.89. The van der Waals surface area contributed by atoms with Gasteiger partial charge in [0, 0.05) is 18.8 Å². The summed E-state index contributed by atoms with van der Waals surface area (Å²) in [7, 11) is -3.72. The Kier molecular flexibility index (Phi) is 4.36. The van der Waals surface area contributed by atoms with Gasteiger partial charge in [0.1, 0.15) is 18.9 Å². The van der Waals surface area contributed by atoms with Gasteiger partial charge in [0.25, 0.3) is 0 Å². The molecule has 0 saturated carbocycles. The van der Waals surface area contributed by atoms with Crippen LogP contribution in [-0.4, -0.2) is 26.6 Å². The molecule has 26 heavy (non-hydrogen) atoms. The van der Waals surface area contributed by atoms with E-state index in [1.807, 2.05) is 0 Å². The third kappa shape index (κ3) is 3.29. The minimum Gasteiger partial charge on any atom is -0.486 e. The van der Waals surface area contributed by atoms with Gasteiger partial charge in [-0.3, -0.25) is 4.98 Å². The van der Waals surface area contributed by atoms with Gasteiger partial charge in [-0.15, -0.1) is 0 Å². The van der Waals surface area contributed by atoms with Gasteiger partial charge in [-0.05, 0) is 35.9 Å². The van der Waals surface area contributed by atoms with Crippen molar-refractivity contribution < 1.29 is 22.3 Å². The second-order valence-electron chi connectivity index (χ2n) is 5.62. The van der Waals surface area contributed by atoms with Crippen molar-refractivity contribution >= 4 is 10.0 Å². The molecule has 0 fully saturated rings. The highest BCUT2D eigenvalue weighted by atomic mass is 32.2. The highest BCUT2D eigenvalue weighted by Gasteiger charge is 2.20. The highest BCUT2D eigenvalue weighted by Crippen LogP contribution is 2.32. The molecular weight excluding hydrogens is 356 g/mol. The molecule has 4 rings (SSSR count). The number of hydrogen-bond acceptors (Lipinski definition) is 6. The number of fused-ring (bicyclic) bond motifs is 1. The number of nitrogens with one attached hydrogen (secondary N) is 1. The summed E-state index contributed by atoms with van der Waals surface area (Å²) >= 11 is 0. The van der Waals surface area contributed by atoms with E-state index < -0.39 is 10.0 Å². The van der Waals surface area contributed by atoms with Crippen molar-refractivity contribution in [3.8, 4) is 23.0 Å². The number of nitrogens with zero attached hydrogens (tertiary/aromatic N) is 1. The van der Waals surface area contributed by atoms with Crippen LogP contribution in [0.25, 0.3) is 11.5 Å². The predicted octanol–water partition coefficient (Wildman–Crippen LogP) is 2.59. The van der Waals surface area contributed by atoms with Crippen LogP contribution in [0.1, 0.15) is 5.56 Å². The normalized spacial score (nSPS) is 13.5. The van der Waals surface area contributed by atoms with Gasteiger partial charge in [-0.1, -0.05) is 6.07 Å². The van der Waals surface area contributed by atoms with E-state index >= 15 is 0 Å². The van der Waals surface area contributed by atoms with Gasteiger partial charge < -0.3 is 13.9 Å². The molecule has 2 aromatic heterocycles. The van der Waals surface area contributed by atoms with E-state index in [0.29, 0.717) is 41.7 Å². The van der Waals surface area contributed by atoms with E-state index in [0.717, 1.165) is 0 Å². The number of aromatic nitrogens is 1. The standard InChI is InChI=1S/C18H16N2O5S/c21-26(22,14-5-6-15-17(11-14)25-10-9-24-15)20-12-13-3-1-7-19-18(13)16-4-2-8-23-16/h1-8,11,20H,9-10,12H2. The molecule has 1 aromatic carbocycles. The first kappa shape index (κ1) is 16.6. The molecular formula is C18H16N2O5S. The molecule has 3 aromatic rings. The molecule has 0 bridgehead atoms. The Hall–Kier alpha value is -2.84. The number of hydrogen-bond donors (Lipinski definition) is 1. The predicted molar refractivity (Wildman–Crippen MR) is 93.4 cm³/mol. The van der Waals surface area contributed by atoms with Gasteiger partial charge in [0.05, 0.1) is 11.2 Å². The molecule has 0 unspecified atom stereocenters. The lowest BCUT2D eigenvalue weighted by atomic mass is 10.1. The van der Waals surface area contributed by atoms with Crippen molar-refractivity contribution in [3.05, 3.63) is 60.5 Å². The van der Waals surface area contributed by atoms with Crippen LogP contribution in [0.3, 0.4) is 0 Å². The molecule has 3 heterocycles. The molecule has 0 saturated heterocycles. The fourth-order valence-electron chi connectivity index (χ4n) is 2.66. The van der Waals surface area contributed by atoms with E-state index in [-0.39, 0.29) is 11.4 Å². The van der Waals surface area contributed by atoms with Crippen molar-refractivity contribution in [2.75, 3.05) is 13.2 Å². The molecule has 0 atom stereocenters. The smallest absolute Gasteiger partial charge is 0.241 e. The van der Waals surface area contributed by atoms with Crippen molar-refractivity contribution in [2.24, 2.45) is 0 Å². The molecule has 1 N–H and O–H groups in total. The van der Waals surface area contributed by atoms with Crippen molar-refractivity contribution in [2.45, 2.75) is 11.4 Å². The van der Waals surface area contributed by atoms with Gasteiger partial charge in [-0.25, -0.2) is 13.1 Å². The zero-order valence-corrected chi connectivity index (χ0v) is 14.5. The fraction of sp³-hybridized carbons (Fsp3) is 0.167. The monoisotopic (exact) mass is 372 g/mol. The summed E-state index contributed by atoms with van der Waals surface area (Å²) in [6.07, 6.45) is 3.18. The molecule has 0 amide bonds. The van der Waals surface area contributed by atoms with Crippen molar-refractivity contribution in [3.63, 3.8) is 0 Å². The van der Waals surface area contributed by atoms with Crippen molar-refractivity contribution in [1.29, 1.82) is 0 Å². The number of benzene rings is 1. The summed E-state index contributed by atoms with van der Waals surface area (Å²) in [5, 5.41) is 0. The summed E-state index contributed by atoms with van der Waals surface area (Å²) in [4.78, 5) is 4.40. The van der Waals surface area contributed by atoms with Crippen molar-refractivity contribution in [1.82, 2.24) is 9.71 Å². The Morgan fingerprint density at radius 2 is 1.88 bits per heavy atom. The summed E-state index contributed by atoms with van der Waals surface area (Å²) in [6.45, 7) is 0.931. The van der Waals surface area contributed by atoms with Gasteiger partial charge >= 0.3 is 0 Å². The van der Waals surface area contributed by atoms with E-state index in [2.05, 4.69) is 9.71 Å². The third-order valence-corrected chi connectivity index (χ3v) is 5.32. The molecule has 8 heteroatoms. The number of furan rings is 1. The zero-order chi connectivity index (χ0) is 18.0. The van der Waals surface area contributed by atoms with Gasteiger partial charge in [0.15, 0.2) is 17.3 Å². The van der Waals surface area contributed by atoms with Crippen LogP contribution >= 0.6 is 0 Å². The molecule has 0 aliphatic carbocycles. The number of ether oxygens (including phenoxy) is 2. The minimum absolute atomic E-state index is 0.0840.